The van der Waals surface area contributed by atoms with Crippen LogP contribution in [0.1, 0.15) is 49.2 Å². The van der Waals surface area contributed by atoms with Crippen LogP contribution >= 0.6 is 11.3 Å². The summed E-state index contributed by atoms with van der Waals surface area (Å²) in [6.07, 6.45) is 2.59. The quantitative estimate of drug-likeness (QED) is 0.831. The highest BCUT2D eigenvalue weighted by Crippen LogP contribution is 2.31. The van der Waals surface area contributed by atoms with Crippen LogP contribution < -0.4 is 5.32 Å². The first kappa shape index (κ1) is 18.8. The highest BCUT2D eigenvalue weighted by atomic mass is 32.1. The number of benzene rings is 1. The maximum Gasteiger partial charge on any atom is 0.323 e. The number of halogens is 1. The van der Waals surface area contributed by atoms with Gasteiger partial charge < -0.3 is 10.0 Å². The summed E-state index contributed by atoms with van der Waals surface area (Å²) in [4.78, 5) is 19.6. The molecular formula is C19H24FN3O2S. The maximum atomic E-state index is 13.0. The van der Waals surface area contributed by atoms with E-state index in [0.717, 1.165) is 10.4 Å². The number of carbonyl (C=O) groups excluding carboxylic acids is 1. The molecule has 0 radical (unpaired) electrons. The van der Waals surface area contributed by atoms with E-state index in [1.807, 2.05) is 0 Å². The number of rotatable bonds is 4. The lowest BCUT2D eigenvalue weighted by Gasteiger charge is -2.34. The van der Waals surface area contributed by atoms with Crippen molar-refractivity contribution in [1.82, 2.24) is 9.88 Å². The Morgan fingerprint density at radius 2 is 1.96 bits per heavy atom. The minimum Gasteiger partial charge on any atom is -0.388 e. The smallest absolute Gasteiger partial charge is 0.323 e. The van der Waals surface area contributed by atoms with E-state index in [1.54, 1.807) is 23.2 Å². The molecule has 1 aromatic carbocycles. The van der Waals surface area contributed by atoms with Crippen LogP contribution in [0, 0.1) is 11.7 Å². The molecule has 26 heavy (non-hydrogen) atoms. The molecule has 140 valence electrons. The van der Waals surface area contributed by atoms with Crippen molar-refractivity contribution in [2.75, 3.05) is 18.4 Å². The molecule has 2 N–H and O–H groups in total. The van der Waals surface area contributed by atoms with Crippen LogP contribution in [0.5, 0.6) is 0 Å². The summed E-state index contributed by atoms with van der Waals surface area (Å²) in [7, 11) is 0. The largest absolute Gasteiger partial charge is 0.388 e. The summed E-state index contributed by atoms with van der Waals surface area (Å²) >= 11 is 1.50. The van der Waals surface area contributed by atoms with Crippen molar-refractivity contribution in [3.63, 3.8) is 0 Å². The summed E-state index contributed by atoms with van der Waals surface area (Å²) in [6, 6.07) is 5.81. The van der Waals surface area contributed by atoms with Crippen LogP contribution in [0.4, 0.5) is 14.3 Å². The Bertz CT molecular complexity index is 739. The van der Waals surface area contributed by atoms with Gasteiger partial charge in [-0.15, -0.1) is 11.3 Å². The molecular weight excluding hydrogens is 353 g/mol. The van der Waals surface area contributed by atoms with E-state index in [1.165, 1.54) is 23.5 Å². The standard InChI is InChI=1S/C19H24FN3O2S/c1-12(2)16-11-21-18(26-16)22-19(25)23-9-7-14(8-10-23)17(24)13-3-5-15(20)6-4-13/h3-6,11-12,14,17,24H,7-10H2,1-2H3,(H,21,22,25). The molecule has 3 rings (SSSR count). The van der Waals surface area contributed by atoms with Crippen molar-refractivity contribution < 1.29 is 14.3 Å². The molecule has 1 unspecified atom stereocenters. The molecule has 7 heteroatoms. The number of hydrogen-bond acceptors (Lipinski definition) is 4. The monoisotopic (exact) mass is 377 g/mol. The molecule has 1 saturated heterocycles. The van der Waals surface area contributed by atoms with Crippen molar-refractivity contribution in [2.24, 2.45) is 5.92 Å². The van der Waals surface area contributed by atoms with Crippen molar-refractivity contribution in [1.29, 1.82) is 0 Å². The SMILES string of the molecule is CC(C)c1cnc(NC(=O)N2CCC(C(O)c3ccc(F)cc3)CC2)s1. The molecule has 1 fully saturated rings. The Hall–Kier alpha value is -1.99. The third-order valence-electron chi connectivity index (χ3n) is 4.79. The Morgan fingerprint density at radius 1 is 1.31 bits per heavy atom. The van der Waals surface area contributed by atoms with Gasteiger partial charge in [0.2, 0.25) is 0 Å². The zero-order valence-corrected chi connectivity index (χ0v) is 15.8. The van der Waals surface area contributed by atoms with Crippen LogP contribution in [0.2, 0.25) is 0 Å². The average molecular weight is 377 g/mol. The molecule has 0 saturated carbocycles. The predicted octanol–water partition coefficient (Wildman–Crippen LogP) is 4.38. The highest BCUT2D eigenvalue weighted by Gasteiger charge is 2.28. The number of hydrogen-bond donors (Lipinski definition) is 2. The van der Waals surface area contributed by atoms with Crippen LogP contribution in [0.15, 0.2) is 30.5 Å². The number of amides is 2. The zero-order valence-electron chi connectivity index (χ0n) is 15.0. The van der Waals surface area contributed by atoms with E-state index in [0.29, 0.717) is 37.0 Å². The second kappa shape index (κ2) is 8.14. The topological polar surface area (TPSA) is 65.5 Å². The van der Waals surface area contributed by atoms with E-state index in [9.17, 15) is 14.3 Å². The number of aromatic nitrogens is 1. The van der Waals surface area contributed by atoms with Gasteiger partial charge in [0.05, 0.1) is 6.10 Å². The highest BCUT2D eigenvalue weighted by molar-refractivity contribution is 7.15. The van der Waals surface area contributed by atoms with Crippen molar-refractivity contribution >= 4 is 22.5 Å². The molecule has 0 spiro atoms. The summed E-state index contributed by atoms with van der Waals surface area (Å²) in [6.45, 7) is 5.35. The van der Waals surface area contributed by atoms with E-state index < -0.39 is 6.10 Å². The molecule has 5 nitrogen and oxygen atoms in total. The van der Waals surface area contributed by atoms with E-state index in [2.05, 4.69) is 24.1 Å². The Balaban J connectivity index is 1.52. The second-order valence-electron chi connectivity index (χ2n) is 6.97. The first-order chi connectivity index (χ1) is 12.4. The summed E-state index contributed by atoms with van der Waals surface area (Å²) in [5, 5.41) is 14.0. The second-order valence-corrected chi connectivity index (χ2v) is 8.04. The van der Waals surface area contributed by atoms with Crippen LogP contribution in [0.25, 0.3) is 0 Å². The van der Waals surface area contributed by atoms with Crippen LogP contribution in [-0.2, 0) is 0 Å². The molecule has 2 heterocycles. The van der Waals surface area contributed by atoms with Crippen LogP contribution in [0.3, 0.4) is 0 Å². The van der Waals surface area contributed by atoms with Gasteiger partial charge in [-0.1, -0.05) is 26.0 Å². The summed E-state index contributed by atoms with van der Waals surface area (Å²) in [5.41, 5.74) is 0.721. The lowest BCUT2D eigenvalue weighted by atomic mass is 9.87. The fourth-order valence-electron chi connectivity index (χ4n) is 3.13. The van der Waals surface area contributed by atoms with Gasteiger partial charge in [0, 0.05) is 24.2 Å². The first-order valence-corrected chi connectivity index (χ1v) is 9.71. The third kappa shape index (κ3) is 4.40. The number of nitrogens with one attached hydrogen (secondary N) is 1. The van der Waals surface area contributed by atoms with Gasteiger partial charge >= 0.3 is 6.03 Å². The van der Waals surface area contributed by atoms with Gasteiger partial charge in [0.1, 0.15) is 5.82 Å². The molecule has 0 aliphatic carbocycles. The number of likely N-dealkylation sites (tertiary alicyclic amines) is 1. The van der Waals surface area contributed by atoms with Gasteiger partial charge in [0.15, 0.2) is 5.13 Å². The predicted molar refractivity (Wildman–Crippen MR) is 101 cm³/mol. The molecule has 2 aromatic rings. The number of thiazole rings is 1. The molecule has 1 aromatic heterocycles. The molecule has 1 atom stereocenters. The van der Waals surface area contributed by atoms with E-state index >= 15 is 0 Å². The fraction of sp³-hybridized carbons (Fsp3) is 0.474. The van der Waals surface area contributed by atoms with Gasteiger partial charge in [-0.2, -0.15) is 0 Å². The van der Waals surface area contributed by atoms with Crippen molar-refractivity contribution in [2.45, 2.75) is 38.7 Å². The molecule has 2 amide bonds. The maximum absolute atomic E-state index is 13.0. The van der Waals surface area contributed by atoms with Gasteiger partial charge in [0.25, 0.3) is 0 Å². The van der Waals surface area contributed by atoms with Crippen LogP contribution in [-0.4, -0.2) is 34.1 Å². The van der Waals surface area contributed by atoms with Gasteiger partial charge in [-0.05, 0) is 42.4 Å². The number of carbonyl (C=O) groups is 1. The number of aliphatic hydroxyl groups excluding tert-OH is 1. The Labute approximate surface area is 156 Å². The third-order valence-corrected chi connectivity index (χ3v) is 6.00. The van der Waals surface area contributed by atoms with E-state index in [-0.39, 0.29) is 17.8 Å². The lowest BCUT2D eigenvalue weighted by Crippen LogP contribution is -2.42. The van der Waals surface area contributed by atoms with Gasteiger partial charge in [-0.25, -0.2) is 14.2 Å². The molecule has 0 bridgehead atoms. The molecule has 1 aliphatic heterocycles. The summed E-state index contributed by atoms with van der Waals surface area (Å²) in [5.74, 6) is 0.147. The minimum atomic E-state index is -0.631. The number of urea groups is 1. The number of nitrogens with zero attached hydrogens (tertiary/aromatic N) is 2. The summed E-state index contributed by atoms with van der Waals surface area (Å²) < 4.78 is 13.0. The normalized spacial score (nSPS) is 16.7. The minimum absolute atomic E-state index is 0.0666. The van der Waals surface area contributed by atoms with Crippen molar-refractivity contribution in [3.8, 4) is 0 Å². The Morgan fingerprint density at radius 3 is 2.54 bits per heavy atom. The zero-order chi connectivity index (χ0) is 18.7. The van der Waals surface area contributed by atoms with Gasteiger partial charge in [-0.3, -0.25) is 5.32 Å². The van der Waals surface area contributed by atoms with Crippen molar-refractivity contribution in [3.05, 3.63) is 46.7 Å². The number of aliphatic hydroxyl groups is 1. The lowest BCUT2D eigenvalue weighted by molar-refractivity contribution is 0.0682. The molecule has 1 aliphatic rings. The Kier molecular flexibility index (Phi) is 5.88. The average Bonchev–Trinajstić information content (AvgIpc) is 3.11. The first-order valence-electron chi connectivity index (χ1n) is 8.89. The number of piperidine rings is 1. The fourth-order valence-corrected chi connectivity index (χ4v) is 3.94. The number of anilines is 1. The van der Waals surface area contributed by atoms with E-state index in [4.69, 9.17) is 0 Å².